The summed E-state index contributed by atoms with van der Waals surface area (Å²) in [5.74, 6) is -1.65. The molecule has 1 fully saturated rings. The Labute approximate surface area is 323 Å². The summed E-state index contributed by atoms with van der Waals surface area (Å²) in [7, 11) is 1.54. The topological polar surface area (TPSA) is 121 Å². The lowest BCUT2D eigenvalue weighted by molar-refractivity contribution is -0.153. The molecule has 2 N–H and O–H groups in total. The van der Waals surface area contributed by atoms with Gasteiger partial charge in [0.25, 0.3) is 5.91 Å². The van der Waals surface area contributed by atoms with E-state index in [1.54, 1.807) is 17.2 Å². The third-order valence-corrected chi connectivity index (χ3v) is 11.0. The van der Waals surface area contributed by atoms with Crippen molar-refractivity contribution in [3.8, 4) is 16.9 Å². The fraction of sp³-hybridized carbons (Fsp3) is 0.450. The van der Waals surface area contributed by atoms with E-state index in [1.807, 2.05) is 65.8 Å². The minimum atomic E-state index is -1.05. The summed E-state index contributed by atoms with van der Waals surface area (Å²) in [4.78, 5) is 46.4. The number of carboxylic acid groups (broad SMARTS) is 1. The maximum absolute atomic E-state index is 14.9. The van der Waals surface area contributed by atoms with E-state index >= 15 is 0 Å². The molecule has 0 atom stereocenters. The molecule has 2 amide bonds. The quantitative estimate of drug-likeness (QED) is 0.145. The van der Waals surface area contributed by atoms with Crippen LogP contribution in [0.3, 0.4) is 0 Å². The second kappa shape index (κ2) is 16.6. The van der Waals surface area contributed by atoms with Gasteiger partial charge in [-0.2, -0.15) is 0 Å². The Morgan fingerprint density at radius 1 is 0.963 bits per heavy atom. The fourth-order valence-corrected chi connectivity index (χ4v) is 8.20. The van der Waals surface area contributed by atoms with Crippen molar-refractivity contribution in [2.75, 3.05) is 13.7 Å². The van der Waals surface area contributed by atoms with Gasteiger partial charge in [-0.1, -0.05) is 17.7 Å². The van der Waals surface area contributed by atoms with E-state index in [0.717, 1.165) is 34.6 Å². The van der Waals surface area contributed by atoms with Crippen LogP contribution >= 0.6 is 22.9 Å². The average Bonchev–Trinajstić information content (AvgIpc) is 3.47. The number of halogens is 3. The van der Waals surface area contributed by atoms with Gasteiger partial charge in [0.15, 0.2) is 0 Å². The number of fused-ring (bicyclic) bond motifs is 1. The first-order valence-electron chi connectivity index (χ1n) is 17.8. The molecule has 54 heavy (non-hydrogen) atoms. The van der Waals surface area contributed by atoms with E-state index in [-0.39, 0.29) is 57.7 Å². The molecule has 0 bridgehead atoms. The maximum Gasteiger partial charge on any atom is 0.408 e. The van der Waals surface area contributed by atoms with Gasteiger partial charge < -0.3 is 24.8 Å². The van der Waals surface area contributed by atoms with Crippen LogP contribution in [0.1, 0.15) is 88.2 Å². The van der Waals surface area contributed by atoms with E-state index in [1.165, 1.54) is 12.0 Å². The summed E-state index contributed by atoms with van der Waals surface area (Å²) < 4.78 is 40.9. The van der Waals surface area contributed by atoms with Crippen molar-refractivity contribution in [3.05, 3.63) is 81.5 Å². The number of nitrogens with zero attached hydrogens (tertiary/aromatic N) is 3. The Balaban J connectivity index is 1.46. The number of benzene rings is 2. The van der Waals surface area contributed by atoms with Gasteiger partial charge in [0.1, 0.15) is 27.9 Å². The minimum absolute atomic E-state index is 0.0240. The number of amides is 2. The molecular formula is C40H47ClF2N4O6S. The van der Waals surface area contributed by atoms with Gasteiger partial charge in [0, 0.05) is 35.9 Å². The number of carbonyl (C=O) groups is 3. The van der Waals surface area contributed by atoms with E-state index in [4.69, 9.17) is 21.1 Å². The molecule has 0 saturated heterocycles. The van der Waals surface area contributed by atoms with E-state index in [2.05, 4.69) is 10.3 Å². The zero-order valence-corrected chi connectivity index (χ0v) is 33.2. The van der Waals surface area contributed by atoms with Crippen LogP contribution in [0.4, 0.5) is 13.6 Å². The third-order valence-electron chi connectivity index (χ3n) is 9.36. The van der Waals surface area contributed by atoms with E-state index in [0.29, 0.717) is 42.7 Å². The monoisotopic (exact) mass is 784 g/mol. The van der Waals surface area contributed by atoms with Gasteiger partial charge >= 0.3 is 12.1 Å². The highest BCUT2D eigenvalue weighted by Gasteiger charge is 2.34. The second-order valence-corrected chi connectivity index (χ2v) is 16.9. The number of methoxy groups -OCH3 is 1. The van der Waals surface area contributed by atoms with Gasteiger partial charge in [0.05, 0.1) is 41.0 Å². The number of ether oxygens (including phenoxy) is 2. The van der Waals surface area contributed by atoms with Crippen molar-refractivity contribution in [2.24, 2.45) is 0 Å². The molecule has 10 nitrogen and oxygen atoms in total. The van der Waals surface area contributed by atoms with Crippen LogP contribution in [0, 0.1) is 11.6 Å². The summed E-state index contributed by atoms with van der Waals surface area (Å²) in [5, 5.41) is 12.9. The highest BCUT2D eigenvalue weighted by Crippen LogP contribution is 2.41. The Kier molecular flexibility index (Phi) is 12.5. The van der Waals surface area contributed by atoms with Crippen molar-refractivity contribution in [2.45, 2.75) is 104 Å². The number of rotatable bonds is 11. The van der Waals surface area contributed by atoms with Crippen molar-refractivity contribution < 1.29 is 37.7 Å². The molecule has 0 spiro atoms. The van der Waals surface area contributed by atoms with E-state index < -0.39 is 34.8 Å². The molecule has 0 radical (unpaired) electrons. The summed E-state index contributed by atoms with van der Waals surface area (Å²) in [6.45, 7) is 11.2. The second-order valence-electron chi connectivity index (χ2n) is 15.5. The summed E-state index contributed by atoms with van der Waals surface area (Å²) in [5.41, 5.74) is 1.59. The molecule has 5 rings (SSSR count). The molecular weight excluding hydrogens is 738 g/mol. The number of thiophene rings is 1. The number of nitrogens with one attached hydrogen (secondary N) is 1. The lowest BCUT2D eigenvalue weighted by Gasteiger charge is -2.37. The van der Waals surface area contributed by atoms with Crippen LogP contribution in [0.25, 0.3) is 21.2 Å². The third kappa shape index (κ3) is 9.66. The van der Waals surface area contributed by atoms with Crippen LogP contribution in [-0.4, -0.2) is 74.7 Å². The first-order valence-corrected chi connectivity index (χ1v) is 19.0. The molecule has 1 saturated carbocycles. The summed E-state index contributed by atoms with van der Waals surface area (Å²) in [6, 6.07) is 11.0. The number of carbonyl (C=O) groups excluding carboxylic acids is 2. The van der Waals surface area contributed by atoms with Gasteiger partial charge in [-0.15, -0.1) is 11.3 Å². The van der Waals surface area contributed by atoms with E-state index in [9.17, 15) is 28.3 Å². The van der Waals surface area contributed by atoms with Crippen LogP contribution in [0.2, 0.25) is 5.02 Å². The maximum atomic E-state index is 14.9. The Hall–Kier alpha value is -4.33. The number of hydrogen-bond donors (Lipinski definition) is 2. The molecule has 2 aromatic heterocycles. The predicted octanol–water partition coefficient (Wildman–Crippen LogP) is 9.07. The number of esters is 1. The van der Waals surface area contributed by atoms with Gasteiger partial charge in [-0.25, -0.2) is 13.6 Å². The van der Waals surface area contributed by atoms with Crippen LogP contribution in [0.5, 0.6) is 5.75 Å². The smallest absolute Gasteiger partial charge is 0.408 e. The van der Waals surface area contributed by atoms with Crippen molar-refractivity contribution in [3.63, 3.8) is 0 Å². The largest absolute Gasteiger partial charge is 0.496 e. The van der Waals surface area contributed by atoms with Crippen molar-refractivity contribution in [1.82, 2.24) is 20.1 Å². The Morgan fingerprint density at radius 2 is 1.63 bits per heavy atom. The first kappa shape index (κ1) is 40.8. The molecule has 4 aromatic rings. The van der Waals surface area contributed by atoms with Crippen LogP contribution in [-0.2, 0) is 22.6 Å². The zero-order chi connectivity index (χ0) is 39.5. The summed E-state index contributed by atoms with van der Waals surface area (Å²) >= 11 is 7.47. The van der Waals surface area contributed by atoms with Gasteiger partial charge in [-0.3, -0.25) is 19.5 Å². The molecule has 2 aromatic carbocycles. The Bertz CT molecular complexity index is 2020. The first-order chi connectivity index (χ1) is 25.4. The lowest BCUT2D eigenvalue weighted by Crippen LogP contribution is -2.46. The number of pyridine rings is 1. The number of aromatic nitrogens is 1. The van der Waals surface area contributed by atoms with Gasteiger partial charge in [-0.05, 0) is 115 Å². The molecule has 290 valence electrons. The SMILES string of the molecule is COc1ccc(-c2ccnc(CN(C(=O)O)C(C)(C)C)c2)cc1CN(C(=O)c1sc2c(F)ccc(F)c2c1Cl)C1CCC(NCC(=O)OC(C)(C)C)CC1. The average molecular weight is 785 g/mol. The molecule has 1 aliphatic rings. The number of hydrogen-bond acceptors (Lipinski definition) is 8. The lowest BCUT2D eigenvalue weighted by atomic mass is 9.89. The summed E-state index contributed by atoms with van der Waals surface area (Å²) in [6.07, 6.45) is 3.09. The van der Waals surface area contributed by atoms with Crippen LogP contribution in [0.15, 0.2) is 48.7 Å². The van der Waals surface area contributed by atoms with Gasteiger partial charge in [0.2, 0.25) is 0 Å². The predicted molar refractivity (Wildman–Crippen MR) is 206 cm³/mol. The standard InChI is InChI=1S/C40H47ClF2N4O6S/c1-39(2,3)47(38(50)51)22-27-19-24(16-17-44-27)23-8-15-31(52-7)25(18-23)21-46(28-11-9-26(10-12-28)45-20-32(48)53-40(4,5)6)37(49)36-34(41)33-29(42)13-14-30(43)35(33)54-36/h8,13-19,26,28,45H,9-12,20-22H2,1-7H3,(H,50,51). The molecule has 14 heteroatoms. The fourth-order valence-electron chi connectivity index (χ4n) is 6.69. The van der Waals surface area contributed by atoms with Crippen molar-refractivity contribution in [1.29, 1.82) is 0 Å². The Morgan fingerprint density at radius 3 is 2.24 bits per heavy atom. The molecule has 2 heterocycles. The zero-order valence-electron chi connectivity index (χ0n) is 31.6. The normalized spacial score (nSPS) is 16.3. The minimum Gasteiger partial charge on any atom is -0.496 e. The van der Waals surface area contributed by atoms with Crippen molar-refractivity contribution >= 4 is 51.0 Å². The highest BCUT2D eigenvalue weighted by atomic mass is 35.5. The molecule has 0 aliphatic heterocycles. The van der Waals surface area contributed by atoms with Crippen LogP contribution < -0.4 is 10.1 Å². The highest BCUT2D eigenvalue weighted by molar-refractivity contribution is 7.21. The molecule has 1 aliphatic carbocycles. The molecule has 0 unspecified atom stereocenters.